The first-order valence-corrected chi connectivity index (χ1v) is 7.35. The highest BCUT2D eigenvalue weighted by Crippen LogP contribution is 2.26. The Kier molecular flexibility index (Phi) is 5.12. The minimum Gasteiger partial charge on any atom is -0.481 e. The first-order chi connectivity index (χ1) is 9.97. The van der Waals surface area contributed by atoms with Crippen LogP contribution in [0.1, 0.15) is 36.7 Å². The van der Waals surface area contributed by atoms with Gasteiger partial charge in [-0.2, -0.15) is 0 Å². The molecule has 0 aliphatic carbocycles. The molecule has 0 bridgehead atoms. The van der Waals surface area contributed by atoms with Gasteiger partial charge in [0.05, 0.1) is 0 Å². The molecule has 21 heavy (non-hydrogen) atoms. The van der Waals surface area contributed by atoms with Gasteiger partial charge in [-0.15, -0.1) is 10.2 Å². The first kappa shape index (κ1) is 15.7. The second kappa shape index (κ2) is 6.85. The highest BCUT2D eigenvalue weighted by molar-refractivity contribution is 6.29. The van der Waals surface area contributed by atoms with Gasteiger partial charge >= 0.3 is 5.97 Å². The van der Waals surface area contributed by atoms with Crippen LogP contribution in [0, 0.1) is 11.8 Å². The van der Waals surface area contributed by atoms with Crippen LogP contribution >= 0.6 is 11.6 Å². The van der Waals surface area contributed by atoms with Gasteiger partial charge < -0.3 is 10.0 Å². The van der Waals surface area contributed by atoms with Gasteiger partial charge in [-0.3, -0.25) is 9.59 Å². The molecular weight excluding hydrogens is 294 g/mol. The van der Waals surface area contributed by atoms with Crippen molar-refractivity contribution >= 4 is 23.5 Å². The van der Waals surface area contributed by atoms with Crippen molar-refractivity contribution in [3.63, 3.8) is 0 Å². The number of aromatic nitrogens is 2. The van der Waals surface area contributed by atoms with E-state index < -0.39 is 5.97 Å². The quantitative estimate of drug-likeness (QED) is 0.920. The maximum absolute atomic E-state index is 12.4. The number of likely N-dealkylation sites (tertiary alicyclic amines) is 1. The molecular formula is C14H18ClN3O3. The monoisotopic (exact) mass is 311 g/mol. The molecule has 7 heteroatoms. The van der Waals surface area contributed by atoms with Gasteiger partial charge in [0.1, 0.15) is 0 Å². The molecule has 1 aliphatic rings. The summed E-state index contributed by atoms with van der Waals surface area (Å²) in [7, 11) is 0. The lowest BCUT2D eigenvalue weighted by Gasteiger charge is -2.35. The fourth-order valence-electron chi connectivity index (χ4n) is 2.69. The van der Waals surface area contributed by atoms with Crippen LogP contribution in [-0.4, -0.2) is 45.2 Å². The smallest absolute Gasteiger partial charge is 0.303 e. The zero-order valence-electron chi connectivity index (χ0n) is 11.8. The predicted molar refractivity (Wildman–Crippen MR) is 77.1 cm³/mol. The number of carbonyl (C=O) groups excluding carboxylic acids is 1. The van der Waals surface area contributed by atoms with Crippen molar-refractivity contribution in [2.45, 2.75) is 26.2 Å². The van der Waals surface area contributed by atoms with Crippen LogP contribution in [0.5, 0.6) is 0 Å². The molecule has 1 aliphatic heterocycles. The highest BCUT2D eigenvalue weighted by Gasteiger charge is 2.29. The second-order valence-corrected chi connectivity index (χ2v) is 5.86. The van der Waals surface area contributed by atoms with E-state index in [2.05, 4.69) is 10.2 Å². The number of rotatable bonds is 4. The lowest BCUT2D eigenvalue weighted by molar-refractivity contribution is -0.138. The zero-order valence-corrected chi connectivity index (χ0v) is 12.6. The number of piperidine rings is 1. The van der Waals surface area contributed by atoms with Crippen molar-refractivity contribution in [2.75, 3.05) is 13.1 Å². The number of hydrogen-bond donors (Lipinski definition) is 1. The highest BCUT2D eigenvalue weighted by atomic mass is 35.5. The number of carboxylic acid groups (broad SMARTS) is 1. The van der Waals surface area contributed by atoms with Crippen molar-refractivity contribution in [3.8, 4) is 0 Å². The van der Waals surface area contributed by atoms with Crippen LogP contribution < -0.4 is 0 Å². The van der Waals surface area contributed by atoms with Crippen molar-refractivity contribution < 1.29 is 14.7 Å². The van der Waals surface area contributed by atoms with E-state index >= 15 is 0 Å². The number of carbonyl (C=O) groups is 2. The van der Waals surface area contributed by atoms with E-state index in [9.17, 15) is 9.59 Å². The van der Waals surface area contributed by atoms with E-state index in [1.807, 2.05) is 6.92 Å². The molecule has 6 nitrogen and oxygen atoms in total. The van der Waals surface area contributed by atoms with Crippen molar-refractivity contribution in [2.24, 2.45) is 11.8 Å². The summed E-state index contributed by atoms with van der Waals surface area (Å²) in [5.41, 5.74) is 0.269. The third-order valence-electron chi connectivity index (χ3n) is 3.90. The molecule has 0 radical (unpaired) electrons. The summed E-state index contributed by atoms with van der Waals surface area (Å²) in [6.45, 7) is 3.16. The summed E-state index contributed by atoms with van der Waals surface area (Å²) in [4.78, 5) is 24.9. The van der Waals surface area contributed by atoms with Crippen LogP contribution in [0.3, 0.4) is 0 Å². The summed E-state index contributed by atoms with van der Waals surface area (Å²) < 4.78 is 0. The summed E-state index contributed by atoms with van der Waals surface area (Å²) in [6.07, 6.45) is 1.96. The zero-order chi connectivity index (χ0) is 15.4. The molecule has 0 spiro atoms. The van der Waals surface area contributed by atoms with Crippen LogP contribution in [0.15, 0.2) is 12.1 Å². The third-order valence-corrected chi connectivity index (χ3v) is 4.10. The fraction of sp³-hybridized carbons (Fsp3) is 0.571. The van der Waals surface area contributed by atoms with Crippen LogP contribution in [-0.2, 0) is 4.79 Å². The predicted octanol–water partition coefficient (Wildman–Crippen LogP) is 2.09. The maximum atomic E-state index is 12.4. The Labute approximate surface area is 128 Å². The Balaban J connectivity index is 2.01. The van der Waals surface area contributed by atoms with Crippen LogP contribution in [0.4, 0.5) is 0 Å². The molecule has 2 unspecified atom stereocenters. The van der Waals surface area contributed by atoms with Gasteiger partial charge in [-0.25, -0.2) is 0 Å². The number of carboxylic acids is 1. The van der Waals surface area contributed by atoms with Gasteiger partial charge in [-0.05, 0) is 36.8 Å². The van der Waals surface area contributed by atoms with E-state index in [0.29, 0.717) is 13.1 Å². The Hall–Kier alpha value is -1.69. The Morgan fingerprint density at radius 3 is 2.86 bits per heavy atom. The number of aliphatic carboxylic acids is 1. The van der Waals surface area contributed by atoms with Gasteiger partial charge in [0.25, 0.3) is 5.91 Å². The van der Waals surface area contributed by atoms with Crippen molar-refractivity contribution in [1.29, 1.82) is 0 Å². The maximum Gasteiger partial charge on any atom is 0.303 e. The third kappa shape index (κ3) is 4.14. The molecule has 1 aromatic rings. The fourth-order valence-corrected chi connectivity index (χ4v) is 2.79. The molecule has 1 aromatic heterocycles. The molecule has 0 aromatic carbocycles. The summed E-state index contributed by atoms with van der Waals surface area (Å²) in [5, 5.41) is 16.6. The van der Waals surface area contributed by atoms with E-state index in [0.717, 1.165) is 12.8 Å². The summed E-state index contributed by atoms with van der Waals surface area (Å²) >= 11 is 5.66. The minimum absolute atomic E-state index is 0.0504. The lowest BCUT2D eigenvalue weighted by Crippen LogP contribution is -2.42. The van der Waals surface area contributed by atoms with Gasteiger partial charge in [0.15, 0.2) is 10.8 Å². The van der Waals surface area contributed by atoms with Crippen LogP contribution in [0.25, 0.3) is 0 Å². The SMILES string of the molecule is CC(CC(=O)O)C1CCCN(C(=O)c2ccc(Cl)nn2)C1. The number of amides is 1. The van der Waals surface area contributed by atoms with Crippen molar-refractivity contribution in [1.82, 2.24) is 15.1 Å². The number of nitrogens with zero attached hydrogens (tertiary/aromatic N) is 3. The Bertz CT molecular complexity index is 521. The molecule has 2 atom stereocenters. The summed E-state index contributed by atoms with van der Waals surface area (Å²) in [6, 6.07) is 3.10. The average molecular weight is 312 g/mol. The van der Waals surface area contributed by atoms with E-state index in [4.69, 9.17) is 16.7 Å². The molecule has 1 amide bonds. The van der Waals surface area contributed by atoms with Gasteiger partial charge in [0.2, 0.25) is 0 Å². The Morgan fingerprint density at radius 1 is 1.48 bits per heavy atom. The first-order valence-electron chi connectivity index (χ1n) is 6.97. The van der Waals surface area contributed by atoms with Crippen LogP contribution in [0.2, 0.25) is 5.15 Å². The molecule has 2 rings (SSSR count). The normalized spacial score (nSPS) is 20.1. The van der Waals surface area contributed by atoms with E-state index in [1.54, 1.807) is 11.0 Å². The number of hydrogen-bond acceptors (Lipinski definition) is 4. The molecule has 1 saturated heterocycles. The number of halogens is 1. The second-order valence-electron chi connectivity index (χ2n) is 5.47. The molecule has 1 fully saturated rings. The lowest BCUT2D eigenvalue weighted by atomic mass is 9.84. The average Bonchev–Trinajstić information content (AvgIpc) is 2.47. The summed E-state index contributed by atoms with van der Waals surface area (Å²) in [5.74, 6) is -0.714. The molecule has 0 saturated carbocycles. The molecule has 1 N–H and O–H groups in total. The van der Waals surface area contributed by atoms with E-state index in [1.165, 1.54) is 6.07 Å². The topological polar surface area (TPSA) is 83.4 Å². The standard InChI is InChI=1S/C14H18ClN3O3/c1-9(7-13(19)20)10-3-2-6-18(8-10)14(21)11-4-5-12(15)17-16-11/h4-5,9-10H,2-3,6-8H2,1H3,(H,19,20). The molecule has 114 valence electrons. The van der Waals surface area contributed by atoms with Gasteiger partial charge in [0, 0.05) is 19.5 Å². The van der Waals surface area contributed by atoms with Gasteiger partial charge in [-0.1, -0.05) is 18.5 Å². The minimum atomic E-state index is -0.797. The van der Waals surface area contributed by atoms with E-state index in [-0.39, 0.29) is 35.0 Å². The molecule has 2 heterocycles. The Morgan fingerprint density at radius 2 is 2.24 bits per heavy atom. The largest absolute Gasteiger partial charge is 0.481 e. The van der Waals surface area contributed by atoms with Crippen molar-refractivity contribution in [3.05, 3.63) is 23.0 Å².